The maximum atomic E-state index is 12.6. The standard InChI is InChI=1S/C21H39N3O/c1-17(15-21(25)23-12-5-3-4-6-13-23)22-18(2)19-9-8-14-24(16-19)20-10-7-11-20/h17-20,22H,3-16H2,1-2H3/t17-,18-,19+/m1/s1. The summed E-state index contributed by atoms with van der Waals surface area (Å²) >= 11 is 0. The van der Waals surface area contributed by atoms with Crippen LogP contribution in [0.25, 0.3) is 0 Å². The Hall–Kier alpha value is -0.610. The summed E-state index contributed by atoms with van der Waals surface area (Å²) in [4.78, 5) is 17.4. The van der Waals surface area contributed by atoms with Gasteiger partial charge in [-0.15, -0.1) is 0 Å². The Balaban J connectivity index is 1.41. The Bertz CT molecular complexity index is 415. The number of nitrogens with zero attached hydrogens (tertiary/aromatic N) is 2. The molecule has 3 atom stereocenters. The van der Waals surface area contributed by atoms with Crippen molar-refractivity contribution in [2.75, 3.05) is 26.2 Å². The second-order valence-electron chi connectivity index (χ2n) is 8.84. The molecular formula is C21H39N3O. The minimum atomic E-state index is 0.282. The molecule has 3 aliphatic rings. The van der Waals surface area contributed by atoms with Gasteiger partial charge in [-0.05, 0) is 64.8 Å². The molecule has 1 N–H and O–H groups in total. The molecular weight excluding hydrogens is 310 g/mol. The van der Waals surface area contributed by atoms with Crippen molar-refractivity contribution < 1.29 is 4.79 Å². The molecule has 25 heavy (non-hydrogen) atoms. The highest BCUT2D eigenvalue weighted by Gasteiger charge is 2.32. The van der Waals surface area contributed by atoms with Gasteiger partial charge in [0.15, 0.2) is 0 Å². The van der Waals surface area contributed by atoms with E-state index in [0.717, 1.165) is 25.0 Å². The molecule has 2 saturated heterocycles. The molecule has 0 aromatic carbocycles. The molecule has 0 aromatic heterocycles. The van der Waals surface area contributed by atoms with E-state index in [4.69, 9.17) is 0 Å². The lowest BCUT2D eigenvalue weighted by molar-refractivity contribution is -0.131. The van der Waals surface area contributed by atoms with E-state index in [0.29, 0.717) is 18.4 Å². The number of carbonyl (C=O) groups is 1. The fourth-order valence-corrected chi connectivity index (χ4v) is 4.89. The Kier molecular flexibility index (Phi) is 7.18. The number of carbonyl (C=O) groups excluding carboxylic acids is 1. The summed E-state index contributed by atoms with van der Waals surface area (Å²) < 4.78 is 0. The highest BCUT2D eigenvalue weighted by atomic mass is 16.2. The minimum absolute atomic E-state index is 0.282. The van der Waals surface area contributed by atoms with E-state index < -0.39 is 0 Å². The second kappa shape index (κ2) is 9.36. The minimum Gasteiger partial charge on any atom is -0.343 e. The van der Waals surface area contributed by atoms with Crippen LogP contribution in [0.15, 0.2) is 0 Å². The largest absolute Gasteiger partial charge is 0.343 e. The van der Waals surface area contributed by atoms with Gasteiger partial charge in [-0.1, -0.05) is 19.3 Å². The van der Waals surface area contributed by atoms with Gasteiger partial charge >= 0.3 is 0 Å². The van der Waals surface area contributed by atoms with Crippen molar-refractivity contribution in [3.8, 4) is 0 Å². The molecule has 0 spiro atoms. The topological polar surface area (TPSA) is 35.6 Å². The molecule has 1 amide bonds. The van der Waals surface area contributed by atoms with Gasteiger partial charge in [0.2, 0.25) is 5.91 Å². The van der Waals surface area contributed by atoms with E-state index in [1.807, 2.05) is 0 Å². The van der Waals surface area contributed by atoms with Gasteiger partial charge in [0.1, 0.15) is 0 Å². The van der Waals surface area contributed by atoms with Crippen molar-refractivity contribution in [3.05, 3.63) is 0 Å². The van der Waals surface area contributed by atoms with Crippen LogP contribution in [0.2, 0.25) is 0 Å². The van der Waals surface area contributed by atoms with E-state index >= 15 is 0 Å². The van der Waals surface area contributed by atoms with Crippen LogP contribution in [-0.4, -0.2) is 60.0 Å². The molecule has 3 rings (SSSR count). The van der Waals surface area contributed by atoms with Crippen molar-refractivity contribution in [2.45, 2.75) is 96.2 Å². The molecule has 3 fully saturated rings. The molecule has 1 saturated carbocycles. The van der Waals surface area contributed by atoms with Crippen molar-refractivity contribution >= 4 is 5.91 Å². The average molecular weight is 350 g/mol. The number of likely N-dealkylation sites (tertiary alicyclic amines) is 2. The van der Waals surface area contributed by atoms with E-state index in [2.05, 4.69) is 29.0 Å². The summed E-state index contributed by atoms with van der Waals surface area (Å²) in [7, 11) is 0. The Morgan fingerprint density at radius 2 is 1.68 bits per heavy atom. The molecule has 0 aromatic rings. The normalized spacial score (nSPS) is 28.9. The van der Waals surface area contributed by atoms with Crippen LogP contribution in [0.4, 0.5) is 0 Å². The van der Waals surface area contributed by atoms with Gasteiger partial charge < -0.3 is 15.1 Å². The third kappa shape index (κ3) is 5.43. The Labute approximate surface area is 154 Å². The molecule has 2 aliphatic heterocycles. The Morgan fingerprint density at radius 1 is 0.960 bits per heavy atom. The molecule has 0 radical (unpaired) electrons. The van der Waals surface area contributed by atoms with E-state index in [1.165, 1.54) is 70.9 Å². The second-order valence-corrected chi connectivity index (χ2v) is 8.84. The van der Waals surface area contributed by atoms with Crippen LogP contribution in [0.3, 0.4) is 0 Å². The SMILES string of the molecule is C[C@H](CC(=O)N1CCCCCC1)N[C@H](C)[C@H]1CCCN(C2CCC2)C1. The number of hydrogen-bond donors (Lipinski definition) is 1. The summed E-state index contributed by atoms with van der Waals surface area (Å²) in [6, 6.07) is 1.66. The van der Waals surface area contributed by atoms with Gasteiger partial charge in [-0.3, -0.25) is 4.79 Å². The van der Waals surface area contributed by atoms with Crippen LogP contribution in [0.5, 0.6) is 0 Å². The van der Waals surface area contributed by atoms with E-state index in [1.54, 1.807) is 0 Å². The number of nitrogens with one attached hydrogen (secondary N) is 1. The smallest absolute Gasteiger partial charge is 0.224 e. The zero-order chi connectivity index (χ0) is 17.6. The molecule has 4 nitrogen and oxygen atoms in total. The van der Waals surface area contributed by atoms with E-state index in [-0.39, 0.29) is 6.04 Å². The van der Waals surface area contributed by atoms with Crippen molar-refractivity contribution in [2.24, 2.45) is 5.92 Å². The summed E-state index contributed by atoms with van der Waals surface area (Å²) in [6.45, 7) is 9.03. The number of hydrogen-bond acceptors (Lipinski definition) is 3. The summed E-state index contributed by atoms with van der Waals surface area (Å²) in [6.07, 6.45) is 12.5. The first-order valence-corrected chi connectivity index (χ1v) is 10.9. The van der Waals surface area contributed by atoms with Gasteiger partial charge in [0, 0.05) is 44.2 Å². The Morgan fingerprint density at radius 3 is 2.32 bits per heavy atom. The maximum Gasteiger partial charge on any atom is 0.224 e. The van der Waals surface area contributed by atoms with Crippen molar-refractivity contribution in [3.63, 3.8) is 0 Å². The van der Waals surface area contributed by atoms with Gasteiger partial charge in [-0.25, -0.2) is 0 Å². The first-order valence-electron chi connectivity index (χ1n) is 10.9. The van der Waals surface area contributed by atoms with Crippen molar-refractivity contribution in [1.29, 1.82) is 0 Å². The summed E-state index contributed by atoms with van der Waals surface area (Å²) in [5.41, 5.74) is 0. The third-order valence-corrected chi connectivity index (χ3v) is 6.77. The molecule has 1 aliphatic carbocycles. The number of rotatable bonds is 6. The first kappa shape index (κ1) is 19.2. The lowest BCUT2D eigenvalue weighted by Crippen LogP contribution is -2.51. The molecule has 2 heterocycles. The molecule has 0 bridgehead atoms. The molecule has 144 valence electrons. The lowest BCUT2D eigenvalue weighted by atomic mass is 9.85. The molecule has 4 heteroatoms. The van der Waals surface area contributed by atoms with Crippen molar-refractivity contribution in [1.82, 2.24) is 15.1 Å². The van der Waals surface area contributed by atoms with E-state index in [9.17, 15) is 4.79 Å². The molecule has 0 unspecified atom stereocenters. The highest BCUT2D eigenvalue weighted by Crippen LogP contribution is 2.30. The lowest BCUT2D eigenvalue weighted by Gasteiger charge is -2.44. The zero-order valence-corrected chi connectivity index (χ0v) is 16.5. The predicted molar refractivity (Wildman–Crippen MR) is 104 cm³/mol. The number of piperidine rings is 1. The van der Waals surface area contributed by atoms with Gasteiger partial charge in [-0.2, -0.15) is 0 Å². The van der Waals surface area contributed by atoms with Crippen LogP contribution in [0.1, 0.15) is 78.1 Å². The summed E-state index contributed by atoms with van der Waals surface area (Å²) in [5.74, 6) is 1.10. The summed E-state index contributed by atoms with van der Waals surface area (Å²) in [5, 5.41) is 3.76. The fraction of sp³-hybridized carbons (Fsp3) is 0.952. The van der Waals surface area contributed by atoms with Crippen LogP contribution in [-0.2, 0) is 4.79 Å². The average Bonchev–Trinajstić information content (AvgIpc) is 2.82. The number of amides is 1. The first-order chi connectivity index (χ1) is 12.1. The predicted octanol–water partition coefficient (Wildman–Crippen LogP) is 3.41. The van der Waals surface area contributed by atoms with Crippen LogP contribution in [0, 0.1) is 5.92 Å². The maximum absolute atomic E-state index is 12.6. The third-order valence-electron chi connectivity index (χ3n) is 6.77. The van der Waals surface area contributed by atoms with Gasteiger partial charge in [0.05, 0.1) is 0 Å². The quantitative estimate of drug-likeness (QED) is 0.798. The van der Waals surface area contributed by atoms with Crippen LogP contribution >= 0.6 is 0 Å². The highest BCUT2D eigenvalue weighted by molar-refractivity contribution is 5.76. The zero-order valence-electron chi connectivity index (χ0n) is 16.5. The monoisotopic (exact) mass is 349 g/mol. The van der Waals surface area contributed by atoms with Crippen LogP contribution < -0.4 is 5.32 Å². The fourth-order valence-electron chi connectivity index (χ4n) is 4.89. The van der Waals surface area contributed by atoms with Gasteiger partial charge in [0.25, 0.3) is 0 Å².